The van der Waals surface area contributed by atoms with Crippen LogP contribution in [0.4, 0.5) is 0 Å². The van der Waals surface area contributed by atoms with Crippen LogP contribution in [-0.2, 0) is 4.79 Å². The zero-order valence-electron chi connectivity index (χ0n) is 11.2. The summed E-state index contributed by atoms with van der Waals surface area (Å²) in [4.78, 5) is 12.8. The van der Waals surface area contributed by atoms with Gasteiger partial charge < -0.3 is 10.0 Å². The summed E-state index contributed by atoms with van der Waals surface area (Å²) in [5, 5.41) is 8.95. The smallest absolute Gasteiger partial charge is 0.225 e. The molecule has 1 rings (SSSR count). The van der Waals surface area contributed by atoms with Crippen molar-refractivity contribution in [2.75, 3.05) is 13.2 Å². The van der Waals surface area contributed by atoms with Gasteiger partial charge in [0.15, 0.2) is 0 Å². The fourth-order valence-electron chi connectivity index (χ4n) is 1.43. The van der Waals surface area contributed by atoms with Gasteiger partial charge in [0.25, 0.3) is 0 Å². The topological polar surface area (TPSA) is 40.5 Å². The van der Waals surface area contributed by atoms with Crippen LogP contribution in [0, 0.1) is 23.3 Å². The van der Waals surface area contributed by atoms with Crippen LogP contribution in [0.5, 0.6) is 0 Å². The number of aliphatic hydroxyl groups is 1. The second-order valence-electron chi connectivity index (χ2n) is 5.24. The number of carbonyl (C=O) groups excluding carboxylic acids is 1. The molecule has 0 radical (unpaired) electrons. The molecule has 1 saturated heterocycles. The van der Waals surface area contributed by atoms with Crippen LogP contribution >= 0.6 is 0 Å². The molecule has 0 aromatic carbocycles. The monoisotopic (exact) mass is 261 g/mol. The lowest BCUT2D eigenvalue weighted by atomic mass is 10.0. The van der Waals surface area contributed by atoms with E-state index in [0.29, 0.717) is 13.0 Å². The summed E-state index contributed by atoms with van der Waals surface area (Å²) in [6, 6.07) is -0.0394. The summed E-state index contributed by atoms with van der Waals surface area (Å²) in [7, 11) is -1.30. The molecule has 1 N–H and O–H groups in total. The van der Waals surface area contributed by atoms with Gasteiger partial charge in [0.05, 0.1) is 19.2 Å². The molecule has 0 aromatic heterocycles. The first-order valence-electron chi connectivity index (χ1n) is 6.00. The summed E-state index contributed by atoms with van der Waals surface area (Å²) in [6.07, 6.45) is 3.88. The number of likely N-dealkylation sites (tertiary alicyclic amines) is 1. The lowest BCUT2D eigenvalue weighted by molar-refractivity contribution is -0.146. The quantitative estimate of drug-likeness (QED) is 0.458. The van der Waals surface area contributed by atoms with Crippen molar-refractivity contribution in [2.24, 2.45) is 0 Å². The Morgan fingerprint density at radius 1 is 1.39 bits per heavy atom. The fraction of sp³-hybridized carbons (Fsp3) is 0.500. The number of rotatable bonds is 2. The van der Waals surface area contributed by atoms with Crippen molar-refractivity contribution < 1.29 is 9.90 Å². The highest BCUT2D eigenvalue weighted by Gasteiger charge is 2.34. The van der Waals surface area contributed by atoms with Gasteiger partial charge in [0, 0.05) is 6.42 Å². The summed E-state index contributed by atoms with van der Waals surface area (Å²) < 4.78 is 0. The molecule has 1 fully saturated rings. The number of hydrogen-bond acceptors (Lipinski definition) is 2. The van der Waals surface area contributed by atoms with Crippen molar-refractivity contribution in [3.8, 4) is 23.3 Å². The lowest BCUT2D eigenvalue weighted by Gasteiger charge is -2.37. The van der Waals surface area contributed by atoms with Crippen molar-refractivity contribution >= 4 is 14.0 Å². The molecule has 1 atom stereocenters. The molecule has 3 nitrogen and oxygen atoms in total. The molecule has 0 aromatic rings. The Morgan fingerprint density at radius 2 is 2.06 bits per heavy atom. The molecule has 1 unspecified atom stereocenters. The number of allylic oxidation sites excluding steroid dienone is 2. The van der Waals surface area contributed by atoms with E-state index in [0.717, 1.165) is 0 Å². The maximum Gasteiger partial charge on any atom is 0.225 e. The number of β-lactam (4-membered cyclic amide) rings is 1. The van der Waals surface area contributed by atoms with Crippen LogP contribution in [0.1, 0.15) is 6.42 Å². The highest BCUT2D eigenvalue weighted by Crippen LogP contribution is 2.17. The molecular formula is C14H19NO2Si. The van der Waals surface area contributed by atoms with Gasteiger partial charge in [-0.25, -0.2) is 0 Å². The maximum atomic E-state index is 11.2. The zero-order chi connectivity index (χ0) is 13.6. The van der Waals surface area contributed by atoms with E-state index in [1.165, 1.54) is 0 Å². The minimum Gasteiger partial charge on any atom is -0.394 e. The van der Waals surface area contributed by atoms with Crippen LogP contribution in [0.3, 0.4) is 0 Å². The van der Waals surface area contributed by atoms with Gasteiger partial charge in [-0.1, -0.05) is 37.4 Å². The van der Waals surface area contributed by atoms with E-state index < -0.39 is 8.07 Å². The van der Waals surface area contributed by atoms with Gasteiger partial charge in [-0.15, -0.1) is 5.54 Å². The van der Waals surface area contributed by atoms with Gasteiger partial charge in [0.1, 0.15) is 8.07 Å². The number of nitrogens with zero attached hydrogens (tertiary/aromatic N) is 1. The molecule has 0 bridgehead atoms. The van der Waals surface area contributed by atoms with Crippen LogP contribution in [0.15, 0.2) is 12.2 Å². The summed E-state index contributed by atoms with van der Waals surface area (Å²) in [5.74, 6) is 8.76. The predicted octanol–water partition coefficient (Wildman–Crippen LogP) is 1.02. The van der Waals surface area contributed by atoms with Gasteiger partial charge in [-0.3, -0.25) is 4.79 Å². The molecule has 1 amide bonds. The van der Waals surface area contributed by atoms with Gasteiger partial charge in [-0.2, -0.15) is 0 Å². The molecule has 1 aliphatic rings. The average Bonchev–Trinajstić information content (AvgIpc) is 2.27. The standard InChI is InChI=1S/C14H19NO2Si/c1-18(2,3)10-8-6-4-5-7-9-15-13(12-16)11-14(15)17/h4,6,13,16H,9,11-12H2,1-3H3/b6-4-. The lowest BCUT2D eigenvalue weighted by Crippen LogP contribution is -2.54. The minimum atomic E-state index is -1.30. The molecule has 1 heterocycles. The third kappa shape index (κ3) is 4.79. The fourth-order valence-corrected chi connectivity index (χ4v) is 1.95. The van der Waals surface area contributed by atoms with Crippen LogP contribution in [-0.4, -0.2) is 43.2 Å². The zero-order valence-corrected chi connectivity index (χ0v) is 12.2. The van der Waals surface area contributed by atoms with Gasteiger partial charge in [0.2, 0.25) is 5.91 Å². The Morgan fingerprint density at radius 3 is 2.61 bits per heavy atom. The summed E-state index contributed by atoms with van der Waals surface area (Å²) in [5.41, 5.74) is 3.20. The number of amides is 1. The first-order valence-corrected chi connectivity index (χ1v) is 9.50. The van der Waals surface area contributed by atoms with Crippen molar-refractivity contribution in [1.29, 1.82) is 0 Å². The van der Waals surface area contributed by atoms with E-state index >= 15 is 0 Å². The maximum absolute atomic E-state index is 11.2. The van der Waals surface area contributed by atoms with Crippen LogP contribution < -0.4 is 0 Å². The highest BCUT2D eigenvalue weighted by molar-refractivity contribution is 6.83. The Bertz CT molecular complexity index is 454. The Hall–Kier alpha value is -1.49. The molecule has 0 aliphatic carbocycles. The Balaban J connectivity index is 2.36. The molecule has 4 heteroatoms. The normalized spacial score (nSPS) is 18.8. The first kappa shape index (κ1) is 14.6. The second kappa shape index (κ2) is 6.44. The van der Waals surface area contributed by atoms with Crippen molar-refractivity contribution in [3.05, 3.63) is 12.2 Å². The molecule has 0 spiro atoms. The molecule has 96 valence electrons. The molecule has 18 heavy (non-hydrogen) atoms. The van der Waals surface area contributed by atoms with Gasteiger partial charge >= 0.3 is 0 Å². The minimum absolute atomic E-state index is 0.0188. The van der Waals surface area contributed by atoms with E-state index in [1.54, 1.807) is 17.1 Å². The third-order valence-corrected chi connectivity index (χ3v) is 3.33. The van der Waals surface area contributed by atoms with E-state index in [-0.39, 0.29) is 18.6 Å². The Labute approximate surface area is 110 Å². The van der Waals surface area contributed by atoms with Crippen molar-refractivity contribution in [2.45, 2.75) is 32.1 Å². The second-order valence-corrected chi connectivity index (χ2v) is 9.99. The SMILES string of the molecule is C[Si](C)(C)C#C/C=C\C#CCN1C(=O)CC1CO. The average molecular weight is 261 g/mol. The number of aliphatic hydroxyl groups excluding tert-OH is 1. The van der Waals surface area contributed by atoms with Crippen molar-refractivity contribution in [3.63, 3.8) is 0 Å². The largest absolute Gasteiger partial charge is 0.394 e. The molecular weight excluding hydrogens is 242 g/mol. The first-order chi connectivity index (χ1) is 8.44. The summed E-state index contributed by atoms with van der Waals surface area (Å²) in [6.45, 7) is 6.96. The third-order valence-electron chi connectivity index (χ3n) is 2.43. The highest BCUT2D eigenvalue weighted by atomic mass is 28.3. The van der Waals surface area contributed by atoms with Crippen LogP contribution in [0.25, 0.3) is 0 Å². The number of carbonyl (C=O) groups is 1. The van der Waals surface area contributed by atoms with Crippen LogP contribution in [0.2, 0.25) is 19.6 Å². The number of hydrogen-bond donors (Lipinski definition) is 1. The van der Waals surface area contributed by atoms with E-state index in [9.17, 15) is 4.79 Å². The van der Waals surface area contributed by atoms with E-state index in [1.807, 2.05) is 0 Å². The predicted molar refractivity (Wildman–Crippen MR) is 75.2 cm³/mol. The molecule has 1 aliphatic heterocycles. The van der Waals surface area contributed by atoms with Crippen molar-refractivity contribution in [1.82, 2.24) is 4.90 Å². The molecule has 0 saturated carbocycles. The van der Waals surface area contributed by atoms with E-state index in [4.69, 9.17) is 5.11 Å². The Kier molecular flexibility index (Phi) is 5.21. The van der Waals surface area contributed by atoms with Gasteiger partial charge in [-0.05, 0) is 12.2 Å². The van der Waals surface area contributed by atoms with E-state index in [2.05, 4.69) is 42.9 Å². The summed E-state index contributed by atoms with van der Waals surface area (Å²) >= 11 is 0.